The number of furan rings is 2. The first kappa shape index (κ1) is 53.5. The summed E-state index contributed by atoms with van der Waals surface area (Å²) in [5.74, 6) is -0.993. The molecule has 74 heavy (non-hydrogen) atoms. The third-order valence-corrected chi connectivity index (χ3v) is 17.4. The standard InChI is InChI=1S/C26H26Cl3N3O4S.C26H20Cl3N3O4S/c2*1-15(16-5-3-2-4-6-16)30-26(33)24-20-14-37(34,35)13-17(11-19-8-10-23(29)36-19)25(20)32(31-24)22-9-7-18(27)12-21(22)28/h7-12,15-16H,2-6,13-14H2,1H3,(H,30,33);2-12,15H,13-14H2,1H3,(H,30,33)/b2*17-11+/t2*15-/m11/s1. The fourth-order valence-electron chi connectivity index (χ4n) is 9.50. The highest BCUT2D eigenvalue weighted by atomic mass is 35.5. The van der Waals surface area contributed by atoms with Gasteiger partial charge in [0, 0.05) is 27.2 Å². The minimum absolute atomic E-state index is 0.00421. The molecule has 386 valence electrons. The van der Waals surface area contributed by atoms with Crippen LogP contribution in [-0.2, 0) is 31.2 Å². The van der Waals surface area contributed by atoms with Crippen molar-refractivity contribution in [3.63, 3.8) is 0 Å². The number of benzene rings is 3. The minimum atomic E-state index is -3.61. The quantitative estimate of drug-likeness (QED) is 0.133. The summed E-state index contributed by atoms with van der Waals surface area (Å²) in [6.07, 6.45) is 8.81. The maximum absolute atomic E-state index is 13.5. The van der Waals surface area contributed by atoms with Crippen molar-refractivity contribution >= 4 is 124 Å². The van der Waals surface area contributed by atoms with Gasteiger partial charge >= 0.3 is 0 Å². The van der Waals surface area contributed by atoms with Crippen LogP contribution >= 0.6 is 69.6 Å². The number of fused-ring (bicyclic) bond motifs is 2. The zero-order valence-corrected chi connectivity index (χ0v) is 45.7. The highest BCUT2D eigenvalue weighted by molar-refractivity contribution is 7.91. The van der Waals surface area contributed by atoms with Gasteiger partial charge in [-0.05, 0) is 145 Å². The molecule has 1 saturated carbocycles. The zero-order valence-electron chi connectivity index (χ0n) is 39.6. The molecule has 2 N–H and O–H groups in total. The van der Waals surface area contributed by atoms with Gasteiger partial charge in [-0.2, -0.15) is 10.2 Å². The Balaban J connectivity index is 0.000000182. The van der Waals surface area contributed by atoms with E-state index in [2.05, 4.69) is 20.8 Å². The van der Waals surface area contributed by atoms with E-state index in [0.29, 0.717) is 72.0 Å². The predicted octanol–water partition coefficient (Wildman–Crippen LogP) is 13.0. The summed E-state index contributed by atoms with van der Waals surface area (Å²) in [6, 6.07) is 25.2. The highest BCUT2D eigenvalue weighted by Gasteiger charge is 2.38. The van der Waals surface area contributed by atoms with Crippen molar-refractivity contribution in [2.45, 2.75) is 69.5 Å². The topological polar surface area (TPSA) is 188 Å². The van der Waals surface area contributed by atoms with Crippen LogP contribution in [0, 0.1) is 5.92 Å². The van der Waals surface area contributed by atoms with Crippen LogP contribution in [0.15, 0.2) is 99.8 Å². The van der Waals surface area contributed by atoms with E-state index in [9.17, 15) is 26.4 Å². The molecule has 1 fully saturated rings. The molecular weight excluding hydrogens is 1110 g/mol. The van der Waals surface area contributed by atoms with E-state index >= 15 is 0 Å². The lowest BCUT2D eigenvalue weighted by atomic mass is 9.84. The largest absolute Gasteiger partial charge is 0.445 e. The van der Waals surface area contributed by atoms with Gasteiger partial charge in [-0.15, -0.1) is 0 Å². The summed E-state index contributed by atoms with van der Waals surface area (Å²) >= 11 is 37.1. The van der Waals surface area contributed by atoms with E-state index in [1.165, 1.54) is 15.8 Å². The lowest BCUT2D eigenvalue weighted by Gasteiger charge is -2.28. The Kier molecular flexibility index (Phi) is 16.0. The molecule has 14 nitrogen and oxygen atoms in total. The number of rotatable bonds is 10. The SMILES string of the molecule is C[C@@H](NC(=O)c1nn(-c2ccc(Cl)cc2Cl)c2c1CS(=O)(=O)C/C2=C\c1ccc(Cl)o1)C1CCCCC1.C[C@@H](NC(=O)c1nn(-c2ccc(Cl)cc2Cl)c2c1CS(=O)(=O)C/C2=C\c1ccc(Cl)o1)c1ccccc1. The lowest BCUT2D eigenvalue weighted by Crippen LogP contribution is -2.39. The average Bonchev–Trinajstić information content (AvgIpc) is 4.14. The number of nitrogens with zero attached hydrogens (tertiary/aromatic N) is 4. The first-order valence-corrected chi connectivity index (χ1v) is 29.3. The van der Waals surface area contributed by atoms with E-state index in [1.807, 2.05) is 44.2 Å². The third kappa shape index (κ3) is 12.0. The Morgan fingerprint density at radius 2 is 1.07 bits per heavy atom. The normalized spacial score (nSPS) is 17.9. The van der Waals surface area contributed by atoms with Crippen LogP contribution in [0.4, 0.5) is 0 Å². The number of sulfone groups is 2. The van der Waals surface area contributed by atoms with Gasteiger partial charge in [-0.3, -0.25) is 9.59 Å². The van der Waals surface area contributed by atoms with Crippen molar-refractivity contribution in [2.24, 2.45) is 5.92 Å². The maximum Gasteiger partial charge on any atom is 0.272 e. The summed E-state index contributed by atoms with van der Waals surface area (Å²) < 4.78 is 65.9. The Hall–Kier alpha value is -5.30. The van der Waals surface area contributed by atoms with E-state index < -0.39 is 31.5 Å². The van der Waals surface area contributed by atoms with Crippen LogP contribution in [0.5, 0.6) is 0 Å². The Labute approximate surface area is 457 Å². The van der Waals surface area contributed by atoms with Gasteiger partial charge in [0.2, 0.25) is 0 Å². The Morgan fingerprint density at radius 1 is 0.608 bits per heavy atom. The van der Waals surface area contributed by atoms with E-state index in [4.69, 9.17) is 78.4 Å². The molecule has 7 aromatic rings. The molecule has 0 unspecified atom stereocenters. The second kappa shape index (κ2) is 22.1. The van der Waals surface area contributed by atoms with Crippen molar-refractivity contribution in [1.82, 2.24) is 30.2 Å². The zero-order chi connectivity index (χ0) is 52.6. The van der Waals surface area contributed by atoms with Crippen molar-refractivity contribution in [3.05, 3.63) is 173 Å². The fraction of sp³-hybridized carbons (Fsp3) is 0.269. The lowest BCUT2D eigenvalue weighted by molar-refractivity contribution is 0.0910. The molecule has 4 aromatic heterocycles. The Bertz CT molecular complexity index is 3600. The van der Waals surface area contributed by atoms with Gasteiger partial charge in [0.15, 0.2) is 41.5 Å². The summed E-state index contributed by atoms with van der Waals surface area (Å²) in [7, 11) is -7.19. The van der Waals surface area contributed by atoms with Crippen LogP contribution < -0.4 is 10.6 Å². The fourth-order valence-corrected chi connectivity index (χ4v) is 13.8. The molecule has 0 bridgehead atoms. The molecule has 2 atom stereocenters. The van der Waals surface area contributed by atoms with Crippen molar-refractivity contribution in [1.29, 1.82) is 0 Å². The highest BCUT2D eigenvalue weighted by Crippen LogP contribution is 2.40. The number of carbonyl (C=O) groups is 2. The van der Waals surface area contributed by atoms with Crippen LogP contribution in [0.25, 0.3) is 34.7 Å². The van der Waals surface area contributed by atoms with Gasteiger partial charge in [0.25, 0.3) is 11.8 Å². The molecule has 2 aliphatic heterocycles. The molecule has 22 heteroatoms. The van der Waals surface area contributed by atoms with Gasteiger partial charge in [-0.1, -0.05) is 96.0 Å². The average molecular weight is 1160 g/mol. The van der Waals surface area contributed by atoms with Crippen molar-refractivity contribution < 1.29 is 35.3 Å². The molecule has 10 rings (SSSR count). The number of nitrogens with one attached hydrogen (secondary N) is 2. The predicted molar refractivity (Wildman–Crippen MR) is 291 cm³/mol. The first-order valence-electron chi connectivity index (χ1n) is 23.4. The van der Waals surface area contributed by atoms with Gasteiger partial charge in [-0.25, -0.2) is 26.2 Å². The molecule has 0 radical (unpaired) electrons. The summed E-state index contributed by atoms with van der Waals surface area (Å²) in [4.78, 5) is 27.0. The van der Waals surface area contributed by atoms with Crippen LogP contribution in [-0.4, -0.2) is 65.8 Å². The molecule has 0 saturated heterocycles. The minimum Gasteiger partial charge on any atom is -0.445 e. The van der Waals surface area contributed by atoms with Gasteiger partial charge in [0.05, 0.1) is 61.9 Å². The van der Waals surface area contributed by atoms with Crippen molar-refractivity contribution in [3.8, 4) is 11.4 Å². The molecule has 3 aromatic carbocycles. The number of aromatic nitrogens is 4. The van der Waals surface area contributed by atoms with E-state index in [1.54, 1.807) is 72.8 Å². The van der Waals surface area contributed by atoms with E-state index in [0.717, 1.165) is 31.2 Å². The van der Waals surface area contributed by atoms with Crippen LogP contribution in [0.3, 0.4) is 0 Å². The molecule has 2 amide bonds. The number of hydrogen-bond donors (Lipinski definition) is 2. The molecule has 1 aliphatic carbocycles. The van der Waals surface area contributed by atoms with Gasteiger partial charge in [0.1, 0.15) is 11.5 Å². The molecule has 6 heterocycles. The van der Waals surface area contributed by atoms with Crippen molar-refractivity contribution in [2.75, 3.05) is 11.5 Å². The number of halogens is 6. The molecule has 0 spiro atoms. The number of amides is 2. The second-order valence-electron chi connectivity index (χ2n) is 18.3. The Morgan fingerprint density at radius 3 is 1.50 bits per heavy atom. The third-order valence-electron chi connectivity index (χ3n) is 12.9. The van der Waals surface area contributed by atoms with Gasteiger partial charge < -0.3 is 19.5 Å². The smallest absolute Gasteiger partial charge is 0.272 e. The first-order chi connectivity index (χ1) is 35.2. The second-order valence-corrected chi connectivity index (χ2v) is 24.9. The number of hydrogen-bond acceptors (Lipinski definition) is 10. The molecular formula is C52H46Cl6N6O8S2. The monoisotopic (exact) mass is 1160 g/mol. The summed E-state index contributed by atoms with van der Waals surface area (Å²) in [6.45, 7) is 3.84. The van der Waals surface area contributed by atoms with Crippen LogP contribution in [0.2, 0.25) is 30.5 Å². The number of carbonyl (C=O) groups excluding carboxylic acids is 2. The summed E-state index contributed by atoms with van der Waals surface area (Å²) in [5.41, 5.74) is 4.23. The summed E-state index contributed by atoms with van der Waals surface area (Å²) in [5, 5.41) is 17.0. The van der Waals surface area contributed by atoms with Crippen LogP contribution in [0.1, 0.15) is 113 Å². The van der Waals surface area contributed by atoms with E-state index in [-0.39, 0.29) is 67.5 Å². The molecule has 3 aliphatic rings. The maximum atomic E-state index is 13.5.